The van der Waals surface area contributed by atoms with Crippen LogP contribution < -0.4 is 5.32 Å². The molecule has 0 fully saturated rings. The van der Waals surface area contributed by atoms with E-state index in [2.05, 4.69) is 24.3 Å². The van der Waals surface area contributed by atoms with Crippen LogP contribution in [0.4, 0.5) is 0 Å². The van der Waals surface area contributed by atoms with Crippen molar-refractivity contribution in [3.05, 3.63) is 39.8 Å². The van der Waals surface area contributed by atoms with Crippen molar-refractivity contribution in [2.75, 3.05) is 19.7 Å². The van der Waals surface area contributed by atoms with Gasteiger partial charge < -0.3 is 15.0 Å². The number of rotatable bonds is 9. The number of hydrogen-bond acceptors (Lipinski definition) is 6. The van der Waals surface area contributed by atoms with Gasteiger partial charge in [0.15, 0.2) is 5.69 Å². The van der Waals surface area contributed by atoms with E-state index in [1.165, 1.54) is 10.7 Å². The summed E-state index contributed by atoms with van der Waals surface area (Å²) in [6.07, 6.45) is 1.50. The molecule has 2 amide bonds. The van der Waals surface area contributed by atoms with Crippen LogP contribution in [0.25, 0.3) is 0 Å². The third-order valence-electron chi connectivity index (χ3n) is 5.44. The average Bonchev–Trinajstić information content (AvgIpc) is 3.37. The van der Waals surface area contributed by atoms with E-state index in [-0.39, 0.29) is 30.7 Å². The lowest BCUT2D eigenvalue weighted by Gasteiger charge is -2.43. The summed E-state index contributed by atoms with van der Waals surface area (Å²) in [5.74, 6) is -0.648. The van der Waals surface area contributed by atoms with Crippen molar-refractivity contribution < 1.29 is 19.1 Å². The molecule has 3 rings (SSSR count). The van der Waals surface area contributed by atoms with Gasteiger partial charge in [0.2, 0.25) is 5.91 Å². The maximum Gasteiger partial charge on any atom is 0.358 e. The average molecular weight is 447 g/mol. The van der Waals surface area contributed by atoms with Gasteiger partial charge in [0.05, 0.1) is 13.2 Å². The number of esters is 1. The molecule has 3 heterocycles. The zero-order chi connectivity index (χ0) is 22.6. The Bertz CT molecular complexity index is 937. The van der Waals surface area contributed by atoms with Gasteiger partial charge >= 0.3 is 5.97 Å². The van der Waals surface area contributed by atoms with Gasteiger partial charge in [-0.25, -0.2) is 4.79 Å². The van der Waals surface area contributed by atoms with Crippen LogP contribution in [0.5, 0.6) is 0 Å². The summed E-state index contributed by atoms with van der Waals surface area (Å²) in [6.45, 7) is 8.99. The van der Waals surface area contributed by atoms with E-state index < -0.39 is 11.5 Å². The number of ether oxygens (including phenoxy) is 1. The van der Waals surface area contributed by atoms with Gasteiger partial charge in [-0.1, -0.05) is 19.9 Å². The Labute approximate surface area is 186 Å². The summed E-state index contributed by atoms with van der Waals surface area (Å²) in [7, 11) is 0. The Morgan fingerprint density at radius 1 is 1.39 bits per heavy atom. The largest absolute Gasteiger partial charge is 0.461 e. The van der Waals surface area contributed by atoms with Crippen LogP contribution in [0.1, 0.15) is 60.0 Å². The van der Waals surface area contributed by atoms with E-state index in [4.69, 9.17) is 4.74 Å². The summed E-state index contributed by atoms with van der Waals surface area (Å²) in [5, 5.41) is 9.24. The Morgan fingerprint density at radius 2 is 2.16 bits per heavy atom. The molecule has 0 spiro atoms. The summed E-state index contributed by atoms with van der Waals surface area (Å²) in [5.41, 5.74) is -0.745. The van der Waals surface area contributed by atoms with Crippen molar-refractivity contribution in [1.29, 1.82) is 0 Å². The Hall–Kier alpha value is -2.68. The van der Waals surface area contributed by atoms with E-state index in [9.17, 15) is 14.4 Å². The molecular formula is C22H30N4O4S. The predicted molar refractivity (Wildman–Crippen MR) is 118 cm³/mol. The number of amides is 2. The SMILES string of the molecule is CCOC(=O)c1cc2n(n1)CC(C)(C(=O)NCCC(C)C)N(CCc1cccs1)C2=O. The van der Waals surface area contributed by atoms with Gasteiger partial charge in [-0.3, -0.25) is 14.3 Å². The standard InChI is InChI=1S/C22H30N4O4S/c1-5-30-20(28)17-13-18-19(27)25(11-9-16-7-6-12-31-16)22(4,14-26(18)24-17)21(29)23-10-8-15(2)3/h6-7,12-13,15H,5,8-11,14H2,1-4H3,(H,23,29). The van der Waals surface area contributed by atoms with Crippen molar-refractivity contribution in [3.8, 4) is 0 Å². The van der Waals surface area contributed by atoms with Crippen LogP contribution in [0.15, 0.2) is 23.6 Å². The minimum absolute atomic E-state index is 0.0767. The van der Waals surface area contributed by atoms with Gasteiger partial charge in [0, 0.05) is 24.0 Å². The second-order valence-electron chi connectivity index (χ2n) is 8.29. The zero-order valence-electron chi connectivity index (χ0n) is 18.5. The van der Waals surface area contributed by atoms with Crippen LogP contribution in [-0.2, 0) is 22.5 Å². The van der Waals surface area contributed by atoms with Crippen molar-refractivity contribution in [3.63, 3.8) is 0 Å². The Morgan fingerprint density at radius 3 is 2.81 bits per heavy atom. The van der Waals surface area contributed by atoms with Crippen LogP contribution in [-0.4, -0.2) is 57.7 Å². The summed E-state index contributed by atoms with van der Waals surface area (Å²) >= 11 is 1.62. The number of nitrogens with zero attached hydrogens (tertiary/aromatic N) is 3. The molecule has 0 saturated heterocycles. The van der Waals surface area contributed by atoms with E-state index in [0.29, 0.717) is 31.1 Å². The van der Waals surface area contributed by atoms with Crippen molar-refractivity contribution >= 4 is 29.1 Å². The molecule has 31 heavy (non-hydrogen) atoms. The second kappa shape index (κ2) is 9.64. The number of thiophene rings is 1. The number of nitrogens with one attached hydrogen (secondary N) is 1. The predicted octanol–water partition coefficient (Wildman–Crippen LogP) is 2.74. The Kier molecular flexibility index (Phi) is 7.15. The van der Waals surface area contributed by atoms with Crippen LogP contribution in [0, 0.1) is 5.92 Å². The first-order valence-electron chi connectivity index (χ1n) is 10.6. The molecule has 1 atom stereocenters. The normalized spacial score (nSPS) is 18.2. The van der Waals surface area contributed by atoms with Crippen molar-refractivity contribution in [2.24, 2.45) is 5.92 Å². The lowest BCUT2D eigenvalue weighted by Crippen LogP contribution is -2.64. The molecule has 0 saturated carbocycles. The molecule has 0 bridgehead atoms. The second-order valence-corrected chi connectivity index (χ2v) is 9.32. The number of fused-ring (bicyclic) bond motifs is 1. The monoisotopic (exact) mass is 446 g/mol. The smallest absolute Gasteiger partial charge is 0.358 e. The highest BCUT2D eigenvalue weighted by Gasteiger charge is 2.48. The highest BCUT2D eigenvalue weighted by Crippen LogP contribution is 2.28. The molecule has 1 unspecified atom stereocenters. The molecule has 2 aromatic heterocycles. The fourth-order valence-corrected chi connectivity index (χ4v) is 4.34. The lowest BCUT2D eigenvalue weighted by atomic mass is 9.94. The highest BCUT2D eigenvalue weighted by molar-refractivity contribution is 7.09. The molecule has 2 aromatic rings. The molecule has 168 valence electrons. The fraction of sp³-hybridized carbons (Fsp3) is 0.545. The maximum absolute atomic E-state index is 13.4. The van der Waals surface area contributed by atoms with Gasteiger partial charge in [-0.2, -0.15) is 5.10 Å². The fourth-order valence-electron chi connectivity index (χ4n) is 3.64. The molecular weight excluding hydrogens is 416 g/mol. The van der Waals surface area contributed by atoms with E-state index >= 15 is 0 Å². The number of aromatic nitrogens is 2. The lowest BCUT2D eigenvalue weighted by molar-refractivity contribution is -0.133. The summed E-state index contributed by atoms with van der Waals surface area (Å²) in [4.78, 5) is 41.5. The van der Waals surface area contributed by atoms with E-state index in [1.807, 2.05) is 17.5 Å². The van der Waals surface area contributed by atoms with Gasteiger partial charge in [-0.15, -0.1) is 11.3 Å². The minimum atomic E-state index is -1.11. The third kappa shape index (κ3) is 4.98. The first-order valence-corrected chi connectivity index (χ1v) is 11.5. The molecule has 0 aliphatic carbocycles. The topological polar surface area (TPSA) is 93.5 Å². The number of carbonyl (C=O) groups is 3. The first-order chi connectivity index (χ1) is 14.8. The van der Waals surface area contributed by atoms with Crippen LogP contribution in [0.2, 0.25) is 0 Å². The van der Waals surface area contributed by atoms with Gasteiger partial charge in [0.1, 0.15) is 11.2 Å². The number of carbonyl (C=O) groups excluding carboxylic acids is 3. The number of hydrogen-bond donors (Lipinski definition) is 1. The molecule has 1 aliphatic rings. The first kappa shape index (κ1) is 23.0. The Balaban J connectivity index is 1.89. The summed E-state index contributed by atoms with van der Waals surface area (Å²) in [6, 6.07) is 5.44. The quantitative estimate of drug-likeness (QED) is 0.598. The van der Waals surface area contributed by atoms with Crippen LogP contribution in [0.3, 0.4) is 0 Å². The molecule has 1 aliphatic heterocycles. The highest BCUT2D eigenvalue weighted by atomic mass is 32.1. The maximum atomic E-state index is 13.4. The summed E-state index contributed by atoms with van der Waals surface area (Å²) < 4.78 is 6.48. The van der Waals surface area contributed by atoms with Gasteiger partial charge in [-0.05, 0) is 44.1 Å². The van der Waals surface area contributed by atoms with Crippen molar-refractivity contribution in [1.82, 2.24) is 20.0 Å². The molecule has 1 N–H and O–H groups in total. The third-order valence-corrected chi connectivity index (χ3v) is 6.38. The van der Waals surface area contributed by atoms with Crippen LogP contribution >= 0.6 is 11.3 Å². The van der Waals surface area contributed by atoms with E-state index in [1.54, 1.807) is 30.1 Å². The molecule has 9 heteroatoms. The molecule has 0 radical (unpaired) electrons. The van der Waals surface area contributed by atoms with Crippen molar-refractivity contribution in [2.45, 2.75) is 52.6 Å². The van der Waals surface area contributed by atoms with Gasteiger partial charge in [0.25, 0.3) is 5.91 Å². The molecule has 8 nitrogen and oxygen atoms in total. The zero-order valence-corrected chi connectivity index (χ0v) is 19.3. The van der Waals surface area contributed by atoms with E-state index in [0.717, 1.165) is 11.3 Å². The molecule has 0 aromatic carbocycles. The minimum Gasteiger partial charge on any atom is -0.461 e.